The minimum atomic E-state index is -0.198. The van der Waals surface area contributed by atoms with Gasteiger partial charge in [-0.25, -0.2) is 4.39 Å². The molecule has 3 nitrogen and oxygen atoms in total. The van der Waals surface area contributed by atoms with Gasteiger partial charge in [-0.1, -0.05) is 19.1 Å². The Hall–Kier alpha value is -1.15. The molecule has 2 rings (SSSR count). The number of guanidine groups is 1. The van der Waals surface area contributed by atoms with Gasteiger partial charge in [-0.3, -0.25) is 4.99 Å². The fourth-order valence-electron chi connectivity index (χ4n) is 2.12. The molecule has 2 N–H and O–H groups in total. The Morgan fingerprint density at radius 3 is 2.57 bits per heavy atom. The largest absolute Gasteiger partial charge is 0.356 e. The van der Waals surface area contributed by atoms with Crippen molar-refractivity contribution < 1.29 is 4.39 Å². The first-order valence-corrected chi connectivity index (χ1v) is 8.34. The van der Waals surface area contributed by atoms with E-state index in [0.29, 0.717) is 5.92 Å². The second-order valence-corrected chi connectivity index (χ2v) is 5.99. The number of nitrogens with one attached hydrogen (secondary N) is 2. The van der Waals surface area contributed by atoms with Gasteiger partial charge in [0.15, 0.2) is 5.96 Å². The molecule has 0 bridgehead atoms. The van der Waals surface area contributed by atoms with E-state index in [0.717, 1.165) is 31.0 Å². The summed E-state index contributed by atoms with van der Waals surface area (Å²) in [6.45, 7) is 3.80. The molecule has 23 heavy (non-hydrogen) atoms. The van der Waals surface area contributed by atoms with E-state index in [1.54, 1.807) is 18.4 Å². The summed E-state index contributed by atoms with van der Waals surface area (Å²) in [7, 11) is 1.77. The molecule has 1 aromatic carbocycles. The van der Waals surface area contributed by atoms with Gasteiger partial charge in [-0.15, -0.1) is 24.0 Å². The number of nitrogens with zero attached hydrogens (tertiary/aromatic N) is 1. The molecular weight excluding hydrogens is 424 g/mol. The highest BCUT2D eigenvalue weighted by Gasteiger charge is 2.06. The van der Waals surface area contributed by atoms with Crippen molar-refractivity contribution in [3.05, 3.63) is 58.0 Å². The maximum atomic E-state index is 12.8. The van der Waals surface area contributed by atoms with Gasteiger partial charge in [-0.2, -0.15) is 11.3 Å². The van der Waals surface area contributed by atoms with E-state index in [-0.39, 0.29) is 29.8 Å². The van der Waals surface area contributed by atoms with E-state index in [9.17, 15) is 4.39 Å². The van der Waals surface area contributed by atoms with E-state index in [1.807, 2.05) is 12.1 Å². The van der Waals surface area contributed by atoms with E-state index in [1.165, 1.54) is 17.7 Å². The number of benzene rings is 1. The first-order chi connectivity index (χ1) is 10.7. The minimum Gasteiger partial charge on any atom is -0.356 e. The van der Waals surface area contributed by atoms with Gasteiger partial charge >= 0.3 is 0 Å². The van der Waals surface area contributed by atoms with Crippen LogP contribution in [0.15, 0.2) is 46.1 Å². The fourth-order valence-corrected chi connectivity index (χ4v) is 2.90. The summed E-state index contributed by atoms with van der Waals surface area (Å²) in [6.07, 6.45) is 0.834. The molecule has 1 atom stereocenters. The highest BCUT2D eigenvalue weighted by molar-refractivity contribution is 14.0. The van der Waals surface area contributed by atoms with Gasteiger partial charge in [-0.05, 0) is 52.4 Å². The summed E-state index contributed by atoms with van der Waals surface area (Å²) in [4.78, 5) is 4.22. The summed E-state index contributed by atoms with van der Waals surface area (Å²) >= 11 is 1.72. The number of halogens is 2. The standard InChI is InChI=1S/C17H22FN3S.HI/c1-13(15-8-10-22-12-15)11-21-17(19-2)20-9-7-14-3-5-16(18)6-4-14;/h3-6,8,10,12-13H,7,9,11H2,1-2H3,(H2,19,20,21);1H. The molecule has 0 spiro atoms. The molecule has 126 valence electrons. The van der Waals surface area contributed by atoms with Crippen LogP contribution in [0.25, 0.3) is 0 Å². The van der Waals surface area contributed by atoms with Crippen LogP contribution in [-0.4, -0.2) is 26.1 Å². The number of thiophene rings is 1. The zero-order chi connectivity index (χ0) is 15.8. The third-order valence-electron chi connectivity index (χ3n) is 3.53. The van der Waals surface area contributed by atoms with Gasteiger partial charge in [0.05, 0.1) is 0 Å². The topological polar surface area (TPSA) is 36.4 Å². The third kappa shape index (κ3) is 6.87. The zero-order valence-corrected chi connectivity index (χ0v) is 16.5. The van der Waals surface area contributed by atoms with E-state index >= 15 is 0 Å². The molecule has 0 aliphatic heterocycles. The van der Waals surface area contributed by atoms with Crippen LogP contribution in [-0.2, 0) is 6.42 Å². The average Bonchev–Trinajstić information content (AvgIpc) is 3.06. The van der Waals surface area contributed by atoms with Crippen LogP contribution in [0.1, 0.15) is 24.0 Å². The second-order valence-electron chi connectivity index (χ2n) is 5.21. The number of rotatable bonds is 6. The van der Waals surface area contributed by atoms with Crippen molar-refractivity contribution >= 4 is 41.3 Å². The van der Waals surface area contributed by atoms with Crippen LogP contribution < -0.4 is 10.6 Å². The summed E-state index contributed by atoms with van der Waals surface area (Å²) < 4.78 is 12.8. The van der Waals surface area contributed by atoms with E-state index in [4.69, 9.17) is 0 Å². The quantitative estimate of drug-likeness (QED) is 0.399. The lowest BCUT2D eigenvalue weighted by Gasteiger charge is -2.15. The highest BCUT2D eigenvalue weighted by Crippen LogP contribution is 2.16. The lowest BCUT2D eigenvalue weighted by atomic mass is 10.1. The van der Waals surface area contributed by atoms with Crippen molar-refractivity contribution in [3.8, 4) is 0 Å². The minimum absolute atomic E-state index is 0. The molecule has 2 aromatic rings. The molecule has 1 unspecified atom stereocenters. The van der Waals surface area contributed by atoms with Crippen molar-refractivity contribution in [1.29, 1.82) is 0 Å². The second kappa shape index (κ2) is 10.6. The Morgan fingerprint density at radius 1 is 1.22 bits per heavy atom. The molecule has 1 heterocycles. The maximum absolute atomic E-state index is 12.8. The van der Waals surface area contributed by atoms with Crippen LogP contribution >= 0.6 is 35.3 Å². The SMILES string of the molecule is CN=C(NCCc1ccc(F)cc1)NCC(C)c1ccsc1.I. The summed E-state index contributed by atoms with van der Waals surface area (Å²) in [5.74, 6) is 1.04. The summed E-state index contributed by atoms with van der Waals surface area (Å²) in [5, 5.41) is 10.9. The normalized spacial score (nSPS) is 12.4. The van der Waals surface area contributed by atoms with Crippen molar-refractivity contribution in [3.63, 3.8) is 0 Å². The van der Waals surface area contributed by atoms with Gasteiger partial charge < -0.3 is 10.6 Å². The van der Waals surface area contributed by atoms with Gasteiger partial charge in [0, 0.05) is 20.1 Å². The molecular formula is C17H23FIN3S. The Labute approximate surface area is 158 Å². The van der Waals surface area contributed by atoms with Crippen LogP contribution in [0.5, 0.6) is 0 Å². The average molecular weight is 447 g/mol. The predicted octanol–water partition coefficient (Wildman–Crippen LogP) is 4.02. The smallest absolute Gasteiger partial charge is 0.191 e. The lowest BCUT2D eigenvalue weighted by Crippen LogP contribution is -2.39. The third-order valence-corrected chi connectivity index (χ3v) is 4.23. The van der Waals surface area contributed by atoms with Crippen LogP contribution in [0.4, 0.5) is 4.39 Å². The van der Waals surface area contributed by atoms with Crippen LogP contribution in [0.2, 0.25) is 0 Å². The monoisotopic (exact) mass is 447 g/mol. The van der Waals surface area contributed by atoms with Crippen molar-refractivity contribution in [1.82, 2.24) is 10.6 Å². The van der Waals surface area contributed by atoms with Gasteiger partial charge in [0.2, 0.25) is 0 Å². The molecule has 0 amide bonds. The first kappa shape index (κ1) is 19.9. The fraction of sp³-hybridized carbons (Fsp3) is 0.353. The Kier molecular flexibility index (Phi) is 9.16. The van der Waals surface area contributed by atoms with E-state index < -0.39 is 0 Å². The Morgan fingerprint density at radius 2 is 1.96 bits per heavy atom. The Balaban J connectivity index is 0.00000264. The molecule has 6 heteroatoms. The van der Waals surface area contributed by atoms with Crippen molar-refractivity contribution in [2.24, 2.45) is 4.99 Å². The van der Waals surface area contributed by atoms with Crippen molar-refractivity contribution in [2.75, 3.05) is 20.1 Å². The van der Waals surface area contributed by atoms with E-state index in [2.05, 4.69) is 39.4 Å². The van der Waals surface area contributed by atoms with Crippen LogP contribution in [0, 0.1) is 5.82 Å². The summed E-state index contributed by atoms with van der Waals surface area (Å²) in [5.41, 5.74) is 2.45. The van der Waals surface area contributed by atoms with Crippen LogP contribution in [0.3, 0.4) is 0 Å². The number of hydrogen-bond donors (Lipinski definition) is 2. The highest BCUT2D eigenvalue weighted by atomic mass is 127. The molecule has 0 aliphatic carbocycles. The first-order valence-electron chi connectivity index (χ1n) is 7.40. The summed E-state index contributed by atoms with van der Waals surface area (Å²) in [6, 6.07) is 8.76. The molecule has 0 saturated carbocycles. The maximum Gasteiger partial charge on any atom is 0.191 e. The molecule has 0 aliphatic rings. The molecule has 0 fully saturated rings. The number of aliphatic imine (C=N–C) groups is 1. The van der Waals surface area contributed by atoms with Gasteiger partial charge in [0.1, 0.15) is 5.82 Å². The lowest BCUT2D eigenvalue weighted by molar-refractivity contribution is 0.626. The predicted molar refractivity (Wildman–Crippen MR) is 108 cm³/mol. The molecule has 0 saturated heterocycles. The zero-order valence-electron chi connectivity index (χ0n) is 13.4. The Bertz CT molecular complexity index is 584. The molecule has 0 radical (unpaired) electrons. The van der Waals surface area contributed by atoms with Crippen molar-refractivity contribution in [2.45, 2.75) is 19.3 Å². The number of hydrogen-bond acceptors (Lipinski definition) is 2. The molecule has 1 aromatic heterocycles. The van der Waals surface area contributed by atoms with Gasteiger partial charge in [0.25, 0.3) is 0 Å².